The summed E-state index contributed by atoms with van der Waals surface area (Å²) in [6, 6.07) is 8.56. The molecule has 1 aromatic carbocycles. The van der Waals surface area contributed by atoms with Gasteiger partial charge in [0, 0.05) is 16.1 Å². The van der Waals surface area contributed by atoms with Crippen LogP contribution in [0.2, 0.25) is 10.0 Å². The maximum Gasteiger partial charge on any atom is 0.145 e. The Morgan fingerprint density at radius 1 is 1.11 bits per heavy atom. The molecule has 1 heterocycles. The van der Waals surface area contributed by atoms with Gasteiger partial charge in [-0.25, -0.2) is 0 Å². The van der Waals surface area contributed by atoms with Crippen molar-refractivity contribution in [2.24, 2.45) is 5.73 Å². The number of hydrogen-bond donors (Lipinski definition) is 1. The predicted octanol–water partition coefficient (Wildman–Crippen LogP) is 4.20. The average molecular weight is 283 g/mol. The maximum absolute atomic E-state index is 5.89. The van der Waals surface area contributed by atoms with Crippen LogP contribution in [0.25, 0.3) is 0 Å². The van der Waals surface area contributed by atoms with Crippen LogP contribution in [0.1, 0.15) is 18.7 Å². The molecule has 1 aromatic heterocycles. The van der Waals surface area contributed by atoms with E-state index < -0.39 is 0 Å². The Bertz CT molecular complexity index is 521. The van der Waals surface area contributed by atoms with E-state index in [1.807, 2.05) is 13.0 Å². The molecule has 0 radical (unpaired) electrons. The number of ether oxygens (including phenoxy) is 1. The Morgan fingerprint density at radius 3 is 2.28 bits per heavy atom. The molecule has 0 unspecified atom stereocenters. The molecule has 0 aliphatic rings. The highest BCUT2D eigenvalue weighted by Crippen LogP contribution is 2.28. The zero-order chi connectivity index (χ0) is 13.1. The molecule has 0 saturated heterocycles. The Hall–Kier alpha value is -1.29. The fourth-order valence-corrected chi connectivity index (χ4v) is 1.95. The van der Waals surface area contributed by atoms with E-state index in [4.69, 9.17) is 33.7 Å². The molecule has 0 bridgehead atoms. The Kier molecular flexibility index (Phi) is 4.07. The van der Waals surface area contributed by atoms with Gasteiger partial charge in [-0.3, -0.25) is 4.98 Å². The number of aromatic nitrogens is 1. The van der Waals surface area contributed by atoms with Gasteiger partial charge in [0.15, 0.2) is 0 Å². The lowest BCUT2D eigenvalue weighted by molar-refractivity contribution is 0.479. The van der Waals surface area contributed by atoms with Crippen LogP contribution >= 0.6 is 23.2 Å². The smallest absolute Gasteiger partial charge is 0.145 e. The third-order valence-electron chi connectivity index (χ3n) is 2.30. The normalized spacial score (nSPS) is 12.2. The lowest BCUT2D eigenvalue weighted by atomic mass is 10.2. The fraction of sp³-hybridized carbons (Fsp3) is 0.154. The maximum atomic E-state index is 5.89. The number of rotatable bonds is 3. The van der Waals surface area contributed by atoms with E-state index in [-0.39, 0.29) is 6.04 Å². The Balaban J connectivity index is 2.18. The molecule has 0 aliphatic carbocycles. The van der Waals surface area contributed by atoms with Crippen molar-refractivity contribution >= 4 is 23.2 Å². The fourth-order valence-electron chi connectivity index (χ4n) is 1.44. The summed E-state index contributed by atoms with van der Waals surface area (Å²) in [5.74, 6) is 1.18. The monoisotopic (exact) mass is 282 g/mol. The molecule has 0 fully saturated rings. The molecule has 2 aromatic rings. The van der Waals surface area contributed by atoms with Gasteiger partial charge < -0.3 is 10.5 Å². The molecule has 0 spiro atoms. The molecular formula is C13H12Cl2N2O. The van der Waals surface area contributed by atoms with Gasteiger partial charge in [-0.2, -0.15) is 0 Å². The van der Waals surface area contributed by atoms with Crippen LogP contribution in [-0.2, 0) is 0 Å². The van der Waals surface area contributed by atoms with Crippen LogP contribution in [-0.4, -0.2) is 4.98 Å². The molecule has 2 N–H and O–H groups in total. The minimum Gasteiger partial charge on any atom is -0.456 e. The van der Waals surface area contributed by atoms with E-state index in [1.54, 1.807) is 30.5 Å². The third kappa shape index (κ3) is 3.35. The molecular weight excluding hydrogens is 271 g/mol. The zero-order valence-electron chi connectivity index (χ0n) is 9.73. The molecule has 2 rings (SSSR count). The van der Waals surface area contributed by atoms with E-state index in [0.717, 1.165) is 5.69 Å². The van der Waals surface area contributed by atoms with Crippen molar-refractivity contribution in [1.82, 2.24) is 4.98 Å². The summed E-state index contributed by atoms with van der Waals surface area (Å²) in [5, 5.41) is 1.05. The predicted molar refractivity (Wildman–Crippen MR) is 73.4 cm³/mol. The first-order valence-corrected chi connectivity index (χ1v) is 6.15. The van der Waals surface area contributed by atoms with E-state index in [0.29, 0.717) is 21.5 Å². The quantitative estimate of drug-likeness (QED) is 0.918. The molecule has 0 aliphatic heterocycles. The van der Waals surface area contributed by atoms with Gasteiger partial charge in [0.1, 0.15) is 11.5 Å². The van der Waals surface area contributed by atoms with Crippen LogP contribution < -0.4 is 10.5 Å². The van der Waals surface area contributed by atoms with Gasteiger partial charge in [0.25, 0.3) is 0 Å². The highest BCUT2D eigenvalue weighted by molar-refractivity contribution is 6.34. The van der Waals surface area contributed by atoms with Crippen molar-refractivity contribution in [3.63, 3.8) is 0 Å². The minimum atomic E-state index is -0.0975. The molecule has 0 amide bonds. The summed E-state index contributed by atoms with van der Waals surface area (Å²) >= 11 is 11.8. The van der Waals surface area contributed by atoms with Gasteiger partial charge >= 0.3 is 0 Å². The Labute approximate surface area is 115 Å². The summed E-state index contributed by atoms with van der Waals surface area (Å²) < 4.78 is 5.60. The van der Waals surface area contributed by atoms with Crippen LogP contribution in [0, 0.1) is 0 Å². The molecule has 18 heavy (non-hydrogen) atoms. The third-order valence-corrected chi connectivity index (χ3v) is 2.73. The van der Waals surface area contributed by atoms with Crippen LogP contribution in [0.5, 0.6) is 11.5 Å². The van der Waals surface area contributed by atoms with E-state index >= 15 is 0 Å². The van der Waals surface area contributed by atoms with Crippen molar-refractivity contribution < 1.29 is 4.74 Å². The summed E-state index contributed by atoms with van der Waals surface area (Å²) in [4.78, 5) is 4.20. The van der Waals surface area contributed by atoms with Gasteiger partial charge in [-0.05, 0) is 37.3 Å². The van der Waals surface area contributed by atoms with Gasteiger partial charge in [0.2, 0.25) is 0 Å². The number of nitrogens with two attached hydrogens (primary N) is 1. The number of hydrogen-bond acceptors (Lipinski definition) is 3. The second-order valence-electron chi connectivity index (χ2n) is 3.91. The summed E-state index contributed by atoms with van der Waals surface area (Å²) in [7, 11) is 0. The van der Waals surface area contributed by atoms with E-state index in [2.05, 4.69) is 4.98 Å². The van der Waals surface area contributed by atoms with Crippen molar-refractivity contribution in [2.75, 3.05) is 0 Å². The first kappa shape index (κ1) is 13.1. The first-order valence-electron chi connectivity index (χ1n) is 5.40. The van der Waals surface area contributed by atoms with Crippen molar-refractivity contribution in [1.29, 1.82) is 0 Å². The summed E-state index contributed by atoms with van der Waals surface area (Å²) in [6.45, 7) is 1.87. The molecule has 1 atom stereocenters. The molecule has 3 nitrogen and oxygen atoms in total. The van der Waals surface area contributed by atoms with Crippen molar-refractivity contribution in [3.8, 4) is 11.5 Å². The molecule has 5 heteroatoms. The second-order valence-corrected chi connectivity index (χ2v) is 4.79. The van der Waals surface area contributed by atoms with E-state index in [9.17, 15) is 0 Å². The van der Waals surface area contributed by atoms with Gasteiger partial charge in [-0.1, -0.05) is 23.2 Å². The lowest BCUT2D eigenvalue weighted by Crippen LogP contribution is -2.06. The number of halogens is 2. The second kappa shape index (κ2) is 5.57. The standard InChI is InChI=1S/C13H12Cl2N2O/c1-8(16)13-3-2-11(7-17-13)18-12-5-9(14)4-10(15)6-12/h2-8H,16H2,1H3/t8-/m0/s1. The Morgan fingerprint density at radius 2 is 1.78 bits per heavy atom. The number of benzene rings is 1. The average Bonchev–Trinajstić information content (AvgIpc) is 2.28. The summed E-state index contributed by atoms with van der Waals surface area (Å²) in [6.07, 6.45) is 1.62. The number of pyridine rings is 1. The van der Waals surface area contributed by atoms with Gasteiger partial charge in [0.05, 0.1) is 11.9 Å². The van der Waals surface area contributed by atoms with Crippen molar-refractivity contribution in [3.05, 3.63) is 52.3 Å². The zero-order valence-corrected chi connectivity index (χ0v) is 11.2. The minimum absolute atomic E-state index is 0.0975. The SMILES string of the molecule is C[C@H](N)c1ccc(Oc2cc(Cl)cc(Cl)c2)cn1. The van der Waals surface area contributed by atoms with Crippen molar-refractivity contribution in [2.45, 2.75) is 13.0 Å². The number of nitrogens with zero attached hydrogens (tertiary/aromatic N) is 1. The highest BCUT2D eigenvalue weighted by atomic mass is 35.5. The summed E-state index contributed by atoms with van der Waals surface area (Å²) in [5.41, 5.74) is 6.53. The lowest BCUT2D eigenvalue weighted by Gasteiger charge is -2.08. The largest absolute Gasteiger partial charge is 0.456 e. The van der Waals surface area contributed by atoms with Crippen LogP contribution in [0.3, 0.4) is 0 Å². The van der Waals surface area contributed by atoms with Crippen LogP contribution in [0.4, 0.5) is 0 Å². The molecule has 0 saturated carbocycles. The highest BCUT2D eigenvalue weighted by Gasteiger charge is 2.04. The first-order chi connectivity index (χ1) is 8.54. The topological polar surface area (TPSA) is 48.1 Å². The van der Waals surface area contributed by atoms with Gasteiger partial charge in [-0.15, -0.1) is 0 Å². The molecule has 94 valence electrons. The van der Waals surface area contributed by atoms with E-state index in [1.165, 1.54) is 0 Å². The van der Waals surface area contributed by atoms with Crippen LogP contribution in [0.15, 0.2) is 36.5 Å².